The number of nitrogens with one attached hydrogen (secondary N) is 1. The second kappa shape index (κ2) is 7.98. The van der Waals surface area contributed by atoms with Crippen LogP contribution in [0.4, 0.5) is 13.2 Å². The SMILES string of the molecule is CC(=O)NC1CCc2cc(C3=NCC(c4cc(Cl)c(Cl)c(Cl)c4)(C(F)(F)F)C3)ccc21. The second-order valence-corrected chi connectivity index (χ2v) is 9.17. The summed E-state index contributed by atoms with van der Waals surface area (Å²) in [7, 11) is 0. The number of hydrogen-bond donors (Lipinski definition) is 1. The first-order valence-electron chi connectivity index (χ1n) is 9.67. The lowest BCUT2D eigenvalue weighted by molar-refractivity contribution is -0.183. The van der Waals surface area contributed by atoms with Crippen LogP contribution in [-0.2, 0) is 16.6 Å². The molecule has 2 aliphatic rings. The third kappa shape index (κ3) is 3.94. The van der Waals surface area contributed by atoms with Crippen molar-refractivity contribution in [2.24, 2.45) is 4.99 Å². The number of alkyl halides is 3. The van der Waals surface area contributed by atoms with Crippen molar-refractivity contribution < 1.29 is 18.0 Å². The fourth-order valence-electron chi connectivity index (χ4n) is 4.39. The van der Waals surface area contributed by atoms with Crippen molar-refractivity contribution in [3.63, 3.8) is 0 Å². The van der Waals surface area contributed by atoms with E-state index in [4.69, 9.17) is 34.8 Å². The predicted molar refractivity (Wildman–Crippen MR) is 117 cm³/mol. The highest BCUT2D eigenvalue weighted by Crippen LogP contribution is 2.50. The molecular formula is C22H18Cl3F3N2O. The van der Waals surface area contributed by atoms with Crippen molar-refractivity contribution in [2.75, 3.05) is 6.54 Å². The van der Waals surface area contributed by atoms with Gasteiger partial charge in [0, 0.05) is 19.1 Å². The number of halogens is 6. The Bertz CT molecular complexity index is 1080. The van der Waals surface area contributed by atoms with Crippen LogP contribution in [0.5, 0.6) is 0 Å². The van der Waals surface area contributed by atoms with Crippen LogP contribution in [0.15, 0.2) is 35.3 Å². The van der Waals surface area contributed by atoms with Gasteiger partial charge >= 0.3 is 6.18 Å². The molecule has 0 saturated heterocycles. The molecule has 9 heteroatoms. The van der Waals surface area contributed by atoms with E-state index in [9.17, 15) is 18.0 Å². The molecule has 0 spiro atoms. The van der Waals surface area contributed by atoms with Crippen molar-refractivity contribution in [1.82, 2.24) is 5.32 Å². The van der Waals surface area contributed by atoms with Gasteiger partial charge in [0.05, 0.1) is 27.7 Å². The zero-order chi connectivity index (χ0) is 22.6. The van der Waals surface area contributed by atoms with Gasteiger partial charge in [-0.15, -0.1) is 0 Å². The summed E-state index contributed by atoms with van der Waals surface area (Å²) in [4.78, 5) is 15.7. The summed E-state index contributed by atoms with van der Waals surface area (Å²) >= 11 is 18.0. The van der Waals surface area contributed by atoms with Crippen molar-refractivity contribution in [2.45, 2.75) is 43.8 Å². The second-order valence-electron chi connectivity index (χ2n) is 7.98. The third-order valence-corrected chi connectivity index (χ3v) is 7.22. The molecule has 0 saturated carbocycles. The van der Waals surface area contributed by atoms with Gasteiger partial charge in [-0.3, -0.25) is 9.79 Å². The Balaban J connectivity index is 1.67. The minimum Gasteiger partial charge on any atom is -0.350 e. The first kappa shape index (κ1) is 22.4. The number of hydrogen-bond acceptors (Lipinski definition) is 2. The molecule has 0 fully saturated rings. The molecule has 0 bridgehead atoms. The van der Waals surface area contributed by atoms with Crippen LogP contribution >= 0.6 is 34.8 Å². The van der Waals surface area contributed by atoms with Crippen molar-refractivity contribution in [1.29, 1.82) is 0 Å². The minimum atomic E-state index is -4.56. The summed E-state index contributed by atoms with van der Waals surface area (Å²) in [6.45, 7) is 1.01. The Morgan fingerprint density at radius 2 is 1.84 bits per heavy atom. The van der Waals surface area contributed by atoms with E-state index in [1.54, 1.807) is 6.07 Å². The Kier molecular flexibility index (Phi) is 5.78. The Hall–Kier alpha value is -1.76. The summed E-state index contributed by atoms with van der Waals surface area (Å²) in [6, 6.07) is 7.89. The number of fused-ring (bicyclic) bond motifs is 1. The quantitative estimate of drug-likeness (QED) is 0.494. The average Bonchev–Trinajstić information content (AvgIpc) is 3.30. The van der Waals surface area contributed by atoms with Crippen LogP contribution in [-0.4, -0.2) is 24.3 Å². The molecule has 3 nitrogen and oxygen atoms in total. The highest BCUT2D eigenvalue weighted by atomic mass is 35.5. The monoisotopic (exact) mass is 488 g/mol. The molecular weight excluding hydrogens is 472 g/mol. The maximum absolute atomic E-state index is 14.3. The fourth-order valence-corrected chi connectivity index (χ4v) is 4.99. The molecule has 1 aliphatic heterocycles. The van der Waals surface area contributed by atoms with Crippen LogP contribution in [0.3, 0.4) is 0 Å². The number of benzene rings is 2. The van der Waals surface area contributed by atoms with Gasteiger partial charge in [0.25, 0.3) is 0 Å². The van der Waals surface area contributed by atoms with E-state index in [2.05, 4.69) is 10.3 Å². The molecule has 1 aliphatic carbocycles. The van der Waals surface area contributed by atoms with E-state index >= 15 is 0 Å². The summed E-state index contributed by atoms with van der Waals surface area (Å²) in [5.41, 5.74) is 0.768. The fraction of sp³-hybridized carbons (Fsp3) is 0.364. The molecule has 1 amide bonds. The number of aliphatic imine (C=N–C) groups is 1. The number of amides is 1. The van der Waals surface area contributed by atoms with Gasteiger partial charge in [0.15, 0.2) is 0 Å². The number of nitrogens with zero attached hydrogens (tertiary/aromatic N) is 1. The third-order valence-electron chi connectivity index (χ3n) is 6.02. The summed E-state index contributed by atoms with van der Waals surface area (Å²) in [5.74, 6) is -0.114. The summed E-state index contributed by atoms with van der Waals surface area (Å²) < 4.78 is 42.9. The molecule has 1 N–H and O–H groups in total. The molecule has 2 aromatic carbocycles. The maximum atomic E-state index is 14.3. The Morgan fingerprint density at radius 1 is 1.16 bits per heavy atom. The average molecular weight is 490 g/mol. The normalized spacial score (nSPS) is 22.9. The molecule has 2 atom stereocenters. The highest BCUT2D eigenvalue weighted by Gasteiger charge is 2.58. The molecule has 0 radical (unpaired) electrons. The lowest BCUT2D eigenvalue weighted by Gasteiger charge is -2.32. The van der Waals surface area contributed by atoms with Crippen LogP contribution in [0.2, 0.25) is 15.1 Å². The Labute approximate surface area is 192 Å². The van der Waals surface area contributed by atoms with Gasteiger partial charge in [0.2, 0.25) is 5.91 Å². The largest absolute Gasteiger partial charge is 0.400 e. The van der Waals surface area contributed by atoms with E-state index in [-0.39, 0.29) is 39.0 Å². The minimum absolute atomic E-state index is 0.0240. The number of carbonyl (C=O) groups excluding carboxylic acids is 1. The standard InChI is InChI=1S/C22H18Cl3F3N2O/c1-11(31)30-18-5-3-12-6-13(2-4-15(12)18)19-9-21(10-29-19,22(26,27)28)14-7-16(23)20(25)17(24)8-14/h2,4,6-8,18H,3,5,9-10H2,1H3,(H,30,31). The summed E-state index contributed by atoms with van der Waals surface area (Å²) in [5, 5.41) is 2.88. The first-order chi connectivity index (χ1) is 14.5. The van der Waals surface area contributed by atoms with Gasteiger partial charge in [-0.05, 0) is 53.3 Å². The first-order valence-corrected chi connectivity index (χ1v) is 10.8. The van der Waals surface area contributed by atoms with Gasteiger partial charge in [0.1, 0.15) is 5.41 Å². The number of carbonyl (C=O) groups is 1. The zero-order valence-electron chi connectivity index (χ0n) is 16.4. The molecule has 0 aromatic heterocycles. The molecule has 2 aromatic rings. The van der Waals surface area contributed by atoms with E-state index in [1.807, 2.05) is 12.1 Å². The smallest absolute Gasteiger partial charge is 0.350 e. The summed E-state index contributed by atoms with van der Waals surface area (Å²) in [6.07, 6.45) is -3.38. The van der Waals surface area contributed by atoms with Crippen LogP contribution < -0.4 is 5.32 Å². The number of rotatable bonds is 3. The van der Waals surface area contributed by atoms with Gasteiger partial charge in [-0.1, -0.05) is 46.9 Å². The van der Waals surface area contributed by atoms with E-state index in [0.29, 0.717) is 11.3 Å². The Morgan fingerprint density at radius 3 is 2.45 bits per heavy atom. The highest BCUT2D eigenvalue weighted by molar-refractivity contribution is 6.48. The van der Waals surface area contributed by atoms with Gasteiger partial charge in [-0.25, -0.2) is 0 Å². The van der Waals surface area contributed by atoms with Crippen molar-refractivity contribution >= 4 is 46.4 Å². The molecule has 31 heavy (non-hydrogen) atoms. The predicted octanol–water partition coefficient (Wildman–Crippen LogP) is 6.46. The van der Waals surface area contributed by atoms with Crippen LogP contribution in [0, 0.1) is 0 Å². The zero-order valence-corrected chi connectivity index (χ0v) is 18.7. The molecule has 2 unspecified atom stereocenters. The lowest BCUT2D eigenvalue weighted by Crippen LogP contribution is -2.43. The van der Waals surface area contributed by atoms with Gasteiger partial charge < -0.3 is 5.32 Å². The molecule has 164 valence electrons. The lowest BCUT2D eigenvalue weighted by atomic mass is 9.76. The molecule has 4 rings (SSSR count). The van der Waals surface area contributed by atoms with Gasteiger partial charge in [-0.2, -0.15) is 13.2 Å². The maximum Gasteiger partial charge on any atom is 0.400 e. The molecule has 1 heterocycles. The number of aryl methyl sites for hydroxylation is 1. The topological polar surface area (TPSA) is 41.5 Å². The van der Waals surface area contributed by atoms with E-state index < -0.39 is 18.1 Å². The van der Waals surface area contributed by atoms with E-state index in [0.717, 1.165) is 24.0 Å². The van der Waals surface area contributed by atoms with Crippen LogP contribution in [0.1, 0.15) is 48.1 Å². The van der Waals surface area contributed by atoms with Crippen molar-refractivity contribution in [3.8, 4) is 0 Å². The van der Waals surface area contributed by atoms with Crippen LogP contribution in [0.25, 0.3) is 0 Å². The van der Waals surface area contributed by atoms with Crippen molar-refractivity contribution in [3.05, 3.63) is 67.7 Å². The van der Waals surface area contributed by atoms with E-state index in [1.165, 1.54) is 19.1 Å².